The van der Waals surface area contributed by atoms with E-state index in [0.29, 0.717) is 12.8 Å². The quantitative estimate of drug-likeness (QED) is 0.434. The lowest BCUT2D eigenvalue weighted by molar-refractivity contribution is -0.155. The molecule has 3 atom stereocenters. The Bertz CT molecular complexity index is 517. The lowest BCUT2D eigenvalue weighted by Gasteiger charge is -2.14. The largest absolute Gasteiger partial charge is 0.454 e. The van der Waals surface area contributed by atoms with Crippen LogP contribution < -0.4 is 5.32 Å². The van der Waals surface area contributed by atoms with Crippen molar-refractivity contribution in [2.75, 3.05) is 13.2 Å². The van der Waals surface area contributed by atoms with Crippen molar-refractivity contribution in [3.05, 3.63) is 12.2 Å². The number of hydrogen-bond acceptors (Lipinski definition) is 5. The van der Waals surface area contributed by atoms with Crippen LogP contribution in [0.2, 0.25) is 0 Å². The van der Waals surface area contributed by atoms with Crippen LogP contribution in [0.15, 0.2) is 12.2 Å². The van der Waals surface area contributed by atoms with Crippen molar-refractivity contribution in [1.29, 1.82) is 0 Å². The zero-order chi connectivity index (χ0) is 17.0. The first kappa shape index (κ1) is 17.2. The summed E-state index contributed by atoms with van der Waals surface area (Å²) >= 11 is 0. The number of likely N-dealkylation sites (tertiary alicyclic amines) is 1. The molecule has 23 heavy (non-hydrogen) atoms. The summed E-state index contributed by atoms with van der Waals surface area (Å²) in [6.07, 6.45) is 5.59. The number of hydrogen-bond donors (Lipinski definition) is 1. The summed E-state index contributed by atoms with van der Waals surface area (Å²) < 4.78 is 4.85. The van der Waals surface area contributed by atoms with E-state index in [2.05, 4.69) is 5.32 Å². The first-order valence-corrected chi connectivity index (χ1v) is 7.89. The third-order valence-corrected chi connectivity index (χ3v) is 4.27. The van der Waals surface area contributed by atoms with E-state index in [0.717, 1.165) is 11.3 Å². The maximum atomic E-state index is 12.2. The van der Waals surface area contributed by atoms with Gasteiger partial charge in [0.1, 0.15) is 6.54 Å². The highest BCUT2D eigenvalue weighted by Crippen LogP contribution is 2.34. The van der Waals surface area contributed by atoms with E-state index in [-0.39, 0.29) is 29.7 Å². The van der Waals surface area contributed by atoms with Crippen LogP contribution in [-0.4, -0.2) is 47.8 Å². The van der Waals surface area contributed by atoms with E-state index in [1.54, 1.807) is 0 Å². The molecule has 1 saturated heterocycles. The highest BCUT2D eigenvalue weighted by atomic mass is 16.5. The van der Waals surface area contributed by atoms with Gasteiger partial charge in [-0.05, 0) is 26.2 Å². The van der Waals surface area contributed by atoms with Crippen molar-refractivity contribution in [1.82, 2.24) is 10.2 Å². The first-order valence-electron chi connectivity index (χ1n) is 7.89. The summed E-state index contributed by atoms with van der Waals surface area (Å²) in [5.41, 5.74) is 0. The summed E-state index contributed by atoms with van der Waals surface area (Å²) in [6, 6.07) is -0.00133. The molecule has 1 N–H and O–H groups in total. The second-order valence-electron chi connectivity index (χ2n) is 5.96. The van der Waals surface area contributed by atoms with Gasteiger partial charge in [0.05, 0.1) is 11.8 Å². The third kappa shape index (κ3) is 3.97. The molecule has 0 aromatic heterocycles. The van der Waals surface area contributed by atoms with Gasteiger partial charge in [-0.1, -0.05) is 19.1 Å². The molecule has 2 aliphatic rings. The minimum atomic E-state index is -0.752. The normalized spacial score (nSPS) is 24.3. The third-order valence-electron chi connectivity index (χ3n) is 4.27. The molecule has 7 nitrogen and oxygen atoms in total. The van der Waals surface area contributed by atoms with Crippen LogP contribution in [0.4, 0.5) is 0 Å². The fourth-order valence-corrected chi connectivity index (χ4v) is 2.76. The van der Waals surface area contributed by atoms with Crippen molar-refractivity contribution in [2.45, 2.75) is 39.2 Å². The number of amides is 3. The van der Waals surface area contributed by atoms with Crippen LogP contribution in [0.5, 0.6) is 0 Å². The highest BCUT2D eigenvalue weighted by molar-refractivity contribution is 6.07. The summed E-state index contributed by atoms with van der Waals surface area (Å²) in [5.74, 6) is -2.54. The molecule has 0 aromatic rings. The molecular weight excluding hydrogens is 300 g/mol. The van der Waals surface area contributed by atoms with Gasteiger partial charge in [-0.3, -0.25) is 24.1 Å². The zero-order valence-electron chi connectivity index (χ0n) is 13.4. The van der Waals surface area contributed by atoms with Crippen molar-refractivity contribution in [3.8, 4) is 0 Å². The number of nitrogens with one attached hydrogen (secondary N) is 1. The Hall–Kier alpha value is -2.18. The number of ether oxygens (including phenoxy) is 1. The van der Waals surface area contributed by atoms with Gasteiger partial charge in [0, 0.05) is 6.04 Å². The predicted molar refractivity (Wildman–Crippen MR) is 80.9 cm³/mol. The molecule has 7 heteroatoms. The van der Waals surface area contributed by atoms with E-state index in [4.69, 9.17) is 4.74 Å². The fraction of sp³-hybridized carbons (Fsp3) is 0.625. The molecule has 1 fully saturated rings. The van der Waals surface area contributed by atoms with Gasteiger partial charge >= 0.3 is 5.97 Å². The van der Waals surface area contributed by atoms with E-state index in [1.165, 1.54) is 0 Å². The average molecular weight is 322 g/mol. The number of esters is 1. The van der Waals surface area contributed by atoms with Crippen molar-refractivity contribution in [3.63, 3.8) is 0 Å². The molecule has 3 amide bonds. The molecule has 0 saturated carbocycles. The summed E-state index contributed by atoms with van der Waals surface area (Å²) in [7, 11) is 0. The van der Waals surface area contributed by atoms with E-state index < -0.39 is 25.0 Å². The zero-order valence-corrected chi connectivity index (χ0v) is 13.4. The second kappa shape index (κ2) is 7.39. The Balaban J connectivity index is 1.83. The highest BCUT2D eigenvalue weighted by Gasteiger charge is 2.47. The van der Waals surface area contributed by atoms with Gasteiger partial charge in [-0.2, -0.15) is 0 Å². The summed E-state index contributed by atoms with van der Waals surface area (Å²) in [5, 5.41) is 2.66. The summed E-state index contributed by atoms with van der Waals surface area (Å²) in [6.45, 7) is 2.93. The Morgan fingerprint density at radius 1 is 1.26 bits per heavy atom. The standard InChI is InChI=1S/C16H22N2O5/c1-3-10(2)17-13(19)9-23-14(20)8-18-15(21)11-6-4-5-7-12(11)16(18)22/h4-5,10-12H,3,6-9H2,1-2H3,(H,17,19). The van der Waals surface area contributed by atoms with E-state index >= 15 is 0 Å². The first-order chi connectivity index (χ1) is 10.9. The predicted octanol–water partition coefficient (Wildman–Crippen LogP) is 0.395. The molecule has 3 unspecified atom stereocenters. The van der Waals surface area contributed by atoms with Crippen LogP contribution >= 0.6 is 0 Å². The summed E-state index contributed by atoms with van der Waals surface area (Å²) in [4.78, 5) is 48.7. The smallest absolute Gasteiger partial charge is 0.326 e. The van der Waals surface area contributed by atoms with Crippen molar-refractivity contribution in [2.24, 2.45) is 11.8 Å². The van der Waals surface area contributed by atoms with Gasteiger partial charge in [-0.25, -0.2) is 0 Å². The van der Waals surface area contributed by atoms with Gasteiger partial charge < -0.3 is 10.1 Å². The molecule has 0 bridgehead atoms. The lowest BCUT2D eigenvalue weighted by Crippen LogP contribution is -2.39. The molecule has 0 radical (unpaired) electrons. The topological polar surface area (TPSA) is 92.8 Å². The SMILES string of the molecule is CCC(C)NC(=O)COC(=O)CN1C(=O)C2CC=CCC2C1=O. The Morgan fingerprint density at radius 3 is 2.35 bits per heavy atom. The lowest BCUT2D eigenvalue weighted by atomic mass is 9.85. The number of rotatable bonds is 6. The van der Waals surface area contributed by atoms with Gasteiger partial charge in [0.2, 0.25) is 11.8 Å². The minimum absolute atomic E-state index is 0.00133. The molecule has 1 aliphatic carbocycles. The van der Waals surface area contributed by atoms with Gasteiger partial charge in [0.15, 0.2) is 6.61 Å². The van der Waals surface area contributed by atoms with Crippen LogP contribution in [0.1, 0.15) is 33.1 Å². The number of imide groups is 1. The fourth-order valence-electron chi connectivity index (χ4n) is 2.76. The van der Waals surface area contributed by atoms with E-state index in [1.807, 2.05) is 26.0 Å². The molecule has 2 rings (SSSR count). The number of carbonyl (C=O) groups excluding carboxylic acids is 4. The van der Waals surface area contributed by atoms with Crippen LogP contribution in [0.3, 0.4) is 0 Å². The number of allylic oxidation sites excluding steroid dienone is 2. The van der Waals surface area contributed by atoms with Crippen molar-refractivity contribution < 1.29 is 23.9 Å². The van der Waals surface area contributed by atoms with Crippen molar-refractivity contribution >= 4 is 23.7 Å². The number of carbonyl (C=O) groups is 4. The second-order valence-corrected chi connectivity index (χ2v) is 5.96. The molecule has 1 heterocycles. The Labute approximate surface area is 135 Å². The monoisotopic (exact) mass is 322 g/mol. The minimum Gasteiger partial charge on any atom is -0.454 e. The average Bonchev–Trinajstić information content (AvgIpc) is 2.78. The maximum Gasteiger partial charge on any atom is 0.326 e. The van der Waals surface area contributed by atoms with Crippen LogP contribution in [-0.2, 0) is 23.9 Å². The van der Waals surface area contributed by atoms with Crippen LogP contribution in [0, 0.1) is 11.8 Å². The Kier molecular flexibility index (Phi) is 5.52. The number of fused-ring (bicyclic) bond motifs is 1. The van der Waals surface area contributed by atoms with Gasteiger partial charge in [0.25, 0.3) is 5.91 Å². The van der Waals surface area contributed by atoms with E-state index in [9.17, 15) is 19.2 Å². The molecule has 1 aliphatic heterocycles. The molecular formula is C16H22N2O5. The number of nitrogens with zero attached hydrogens (tertiary/aromatic N) is 1. The molecule has 0 spiro atoms. The van der Waals surface area contributed by atoms with Gasteiger partial charge in [-0.15, -0.1) is 0 Å². The molecule has 0 aromatic carbocycles. The molecule has 126 valence electrons. The Morgan fingerprint density at radius 2 is 1.83 bits per heavy atom. The van der Waals surface area contributed by atoms with Crippen LogP contribution in [0.25, 0.3) is 0 Å². The maximum absolute atomic E-state index is 12.2.